The number of amides is 1. The number of nitrogens with zero attached hydrogens (tertiary/aromatic N) is 4. The number of rotatable bonds is 2. The van der Waals surface area contributed by atoms with Crippen LogP contribution in [0.2, 0.25) is 0 Å². The zero-order chi connectivity index (χ0) is 14.5. The van der Waals surface area contributed by atoms with Crippen molar-refractivity contribution in [2.75, 3.05) is 25.1 Å². The molecule has 1 aromatic rings. The largest absolute Gasteiger partial charge is 0.465 e. The highest BCUT2D eigenvalue weighted by atomic mass is 79.9. The maximum Gasteiger partial charge on any atom is 0.407 e. The van der Waals surface area contributed by atoms with E-state index in [0.29, 0.717) is 19.5 Å². The molecule has 0 aliphatic carbocycles. The molecule has 0 spiro atoms. The second kappa shape index (κ2) is 6.69. The molecule has 0 saturated carbocycles. The lowest BCUT2D eigenvalue weighted by atomic mass is 10.2. The van der Waals surface area contributed by atoms with Crippen LogP contribution in [-0.2, 0) is 0 Å². The molecule has 0 atom stereocenters. The van der Waals surface area contributed by atoms with Gasteiger partial charge >= 0.3 is 6.09 Å². The molecule has 6 nitrogen and oxygen atoms in total. The Hall–Kier alpha value is -1.63. The summed E-state index contributed by atoms with van der Waals surface area (Å²) in [5.41, 5.74) is 1.01. The molecule has 0 aromatic carbocycles. The van der Waals surface area contributed by atoms with E-state index in [0.717, 1.165) is 29.0 Å². The van der Waals surface area contributed by atoms with Crippen LogP contribution in [0.25, 0.3) is 0 Å². The fraction of sp³-hybridized carbons (Fsp3) is 0.462. The molecule has 1 fully saturated rings. The maximum atomic E-state index is 11.0. The number of hydrogen-bond acceptors (Lipinski definition) is 4. The zero-order valence-electron chi connectivity index (χ0n) is 11.3. The van der Waals surface area contributed by atoms with Crippen molar-refractivity contribution in [3.05, 3.63) is 22.8 Å². The number of likely N-dealkylation sites (tertiary alicyclic amines) is 1. The number of anilines is 1. The third-order valence-electron chi connectivity index (χ3n) is 3.16. The van der Waals surface area contributed by atoms with Crippen molar-refractivity contribution >= 4 is 33.6 Å². The third-order valence-corrected chi connectivity index (χ3v) is 3.60. The Kier molecular flexibility index (Phi) is 4.94. The highest BCUT2D eigenvalue weighted by molar-refractivity contribution is 9.10. The Morgan fingerprint density at radius 1 is 1.45 bits per heavy atom. The minimum Gasteiger partial charge on any atom is -0.465 e. The molecule has 1 aromatic heterocycles. The Labute approximate surface area is 126 Å². The number of carboxylic acid groups (broad SMARTS) is 1. The van der Waals surface area contributed by atoms with Crippen molar-refractivity contribution < 1.29 is 9.90 Å². The SMILES string of the molecule is CN(N=C1CCCN(C(=O)O)CC1)c1cccc(Br)n1. The van der Waals surface area contributed by atoms with E-state index in [-0.39, 0.29) is 0 Å². The number of aromatic nitrogens is 1. The number of hydrazone groups is 1. The molecule has 1 saturated heterocycles. The molecular formula is C13H17BrN4O2. The van der Waals surface area contributed by atoms with Gasteiger partial charge in [-0.2, -0.15) is 5.10 Å². The predicted molar refractivity (Wildman–Crippen MR) is 81.2 cm³/mol. The predicted octanol–water partition coefficient (Wildman–Crippen LogP) is 2.80. The van der Waals surface area contributed by atoms with E-state index in [4.69, 9.17) is 5.11 Å². The van der Waals surface area contributed by atoms with Gasteiger partial charge in [0.1, 0.15) is 10.4 Å². The van der Waals surface area contributed by atoms with Crippen molar-refractivity contribution in [2.24, 2.45) is 5.10 Å². The molecule has 1 aliphatic rings. The molecule has 0 unspecified atom stereocenters. The Morgan fingerprint density at radius 2 is 2.25 bits per heavy atom. The average molecular weight is 341 g/mol. The highest BCUT2D eigenvalue weighted by Crippen LogP contribution is 2.15. The van der Waals surface area contributed by atoms with Crippen LogP contribution in [0.1, 0.15) is 19.3 Å². The van der Waals surface area contributed by atoms with E-state index in [1.165, 1.54) is 4.90 Å². The summed E-state index contributed by atoms with van der Waals surface area (Å²) in [6.07, 6.45) is 1.45. The van der Waals surface area contributed by atoms with Crippen LogP contribution in [0, 0.1) is 0 Å². The van der Waals surface area contributed by atoms with Crippen LogP contribution < -0.4 is 5.01 Å². The van der Waals surface area contributed by atoms with Gasteiger partial charge in [-0.3, -0.25) is 5.01 Å². The summed E-state index contributed by atoms with van der Waals surface area (Å²) in [5, 5.41) is 15.3. The van der Waals surface area contributed by atoms with E-state index in [9.17, 15) is 4.79 Å². The van der Waals surface area contributed by atoms with Gasteiger partial charge in [0.15, 0.2) is 0 Å². The van der Waals surface area contributed by atoms with Gasteiger partial charge in [-0.1, -0.05) is 6.07 Å². The van der Waals surface area contributed by atoms with Crippen LogP contribution in [0.5, 0.6) is 0 Å². The first-order valence-electron chi connectivity index (χ1n) is 6.47. The van der Waals surface area contributed by atoms with Gasteiger partial charge in [0.2, 0.25) is 0 Å². The molecule has 0 bridgehead atoms. The second-order valence-corrected chi connectivity index (χ2v) is 5.44. The number of hydrogen-bond donors (Lipinski definition) is 1. The quantitative estimate of drug-likeness (QED) is 0.663. The van der Waals surface area contributed by atoms with E-state index in [1.807, 2.05) is 25.2 Å². The topological polar surface area (TPSA) is 69.0 Å². The van der Waals surface area contributed by atoms with Gasteiger partial charge in [0.25, 0.3) is 0 Å². The van der Waals surface area contributed by atoms with Gasteiger partial charge < -0.3 is 10.0 Å². The van der Waals surface area contributed by atoms with Gasteiger partial charge in [-0.05, 0) is 40.9 Å². The first kappa shape index (κ1) is 14.8. The number of halogens is 1. The summed E-state index contributed by atoms with van der Waals surface area (Å²) in [4.78, 5) is 16.7. The summed E-state index contributed by atoms with van der Waals surface area (Å²) in [5.74, 6) is 0.756. The van der Waals surface area contributed by atoms with Crippen LogP contribution in [0.15, 0.2) is 27.9 Å². The molecule has 1 amide bonds. The Balaban J connectivity index is 2.05. The van der Waals surface area contributed by atoms with E-state index in [1.54, 1.807) is 5.01 Å². The van der Waals surface area contributed by atoms with Gasteiger partial charge in [-0.25, -0.2) is 9.78 Å². The normalized spacial score (nSPS) is 17.9. The van der Waals surface area contributed by atoms with Crippen molar-refractivity contribution in [1.29, 1.82) is 0 Å². The van der Waals surface area contributed by atoms with Crippen LogP contribution in [0.3, 0.4) is 0 Å². The number of pyridine rings is 1. The molecule has 108 valence electrons. The van der Waals surface area contributed by atoms with Crippen molar-refractivity contribution in [2.45, 2.75) is 19.3 Å². The van der Waals surface area contributed by atoms with E-state index < -0.39 is 6.09 Å². The van der Waals surface area contributed by atoms with Gasteiger partial charge in [-0.15, -0.1) is 0 Å². The standard InChI is InChI=1S/C13H17BrN4O2/c1-17(12-6-2-5-11(14)15-12)16-10-4-3-8-18(9-7-10)13(19)20/h2,5-6H,3-4,7-9H2,1H3,(H,19,20). The molecule has 0 radical (unpaired) electrons. The van der Waals surface area contributed by atoms with Gasteiger partial charge in [0.05, 0.1) is 0 Å². The van der Waals surface area contributed by atoms with Crippen LogP contribution >= 0.6 is 15.9 Å². The fourth-order valence-corrected chi connectivity index (χ4v) is 2.44. The molecule has 1 aliphatic heterocycles. The molecule has 7 heteroatoms. The Bertz CT molecular complexity index is 521. The molecule has 2 rings (SSSR count). The van der Waals surface area contributed by atoms with Crippen LogP contribution in [-0.4, -0.2) is 46.9 Å². The minimum atomic E-state index is -0.853. The highest BCUT2D eigenvalue weighted by Gasteiger charge is 2.17. The van der Waals surface area contributed by atoms with Crippen molar-refractivity contribution in [3.63, 3.8) is 0 Å². The summed E-state index contributed by atoms with van der Waals surface area (Å²) < 4.78 is 0.764. The molecular weight excluding hydrogens is 324 g/mol. The zero-order valence-corrected chi connectivity index (χ0v) is 12.9. The summed E-state index contributed by atoms with van der Waals surface area (Å²) in [6, 6.07) is 5.65. The Morgan fingerprint density at radius 3 is 2.95 bits per heavy atom. The molecule has 20 heavy (non-hydrogen) atoms. The van der Waals surface area contributed by atoms with E-state index >= 15 is 0 Å². The smallest absolute Gasteiger partial charge is 0.407 e. The monoisotopic (exact) mass is 340 g/mol. The first-order valence-corrected chi connectivity index (χ1v) is 7.26. The second-order valence-electron chi connectivity index (χ2n) is 4.63. The minimum absolute atomic E-state index is 0.508. The van der Waals surface area contributed by atoms with Crippen molar-refractivity contribution in [3.8, 4) is 0 Å². The average Bonchev–Trinajstić information content (AvgIpc) is 2.64. The first-order chi connectivity index (χ1) is 9.56. The fourth-order valence-electron chi connectivity index (χ4n) is 2.11. The lowest BCUT2D eigenvalue weighted by Gasteiger charge is -2.15. The van der Waals surface area contributed by atoms with Gasteiger partial charge in [0, 0.05) is 32.3 Å². The lowest BCUT2D eigenvalue weighted by Crippen LogP contribution is -2.30. The van der Waals surface area contributed by atoms with Crippen molar-refractivity contribution in [1.82, 2.24) is 9.88 Å². The maximum absolute atomic E-state index is 11.0. The third kappa shape index (κ3) is 3.93. The lowest BCUT2D eigenvalue weighted by molar-refractivity contribution is 0.147. The molecule has 2 heterocycles. The summed E-state index contributed by atoms with van der Waals surface area (Å²) >= 11 is 3.33. The molecule has 1 N–H and O–H groups in total. The summed E-state index contributed by atoms with van der Waals surface area (Å²) in [6.45, 7) is 1.08. The number of carbonyl (C=O) groups is 1. The van der Waals surface area contributed by atoms with Crippen LogP contribution in [0.4, 0.5) is 10.6 Å². The summed E-state index contributed by atoms with van der Waals surface area (Å²) in [7, 11) is 1.85. The van der Waals surface area contributed by atoms with E-state index in [2.05, 4.69) is 26.0 Å².